The molecule has 3 atom stereocenters. The summed E-state index contributed by atoms with van der Waals surface area (Å²) in [7, 11) is 1.58. The molecule has 0 radical (unpaired) electrons. The van der Waals surface area contributed by atoms with Crippen LogP contribution in [0.2, 0.25) is 0 Å². The lowest BCUT2D eigenvalue weighted by molar-refractivity contribution is -0.122. The highest BCUT2D eigenvalue weighted by Crippen LogP contribution is 2.50. The Balaban J connectivity index is 1.63. The normalized spacial score (nSPS) is 27.7. The Kier molecular flexibility index (Phi) is 5.93. The maximum atomic E-state index is 11.4. The minimum Gasteiger partial charge on any atom is -0.504 e. The number of aromatic hydroxyl groups is 1. The van der Waals surface area contributed by atoms with Crippen molar-refractivity contribution in [2.45, 2.75) is 43.7 Å². The number of aliphatic hydroxyl groups is 1. The van der Waals surface area contributed by atoms with Gasteiger partial charge >= 0.3 is 0 Å². The third kappa shape index (κ3) is 4.19. The van der Waals surface area contributed by atoms with Crippen LogP contribution in [0.5, 0.6) is 11.5 Å². The van der Waals surface area contributed by atoms with Gasteiger partial charge in [0.15, 0.2) is 11.5 Å². The molecule has 154 valence electrons. The Morgan fingerprint density at radius 1 is 1.14 bits per heavy atom. The average Bonchev–Trinajstić information content (AvgIpc) is 2.75. The van der Waals surface area contributed by atoms with Crippen molar-refractivity contribution in [1.29, 1.82) is 0 Å². The van der Waals surface area contributed by atoms with E-state index in [0.717, 1.165) is 50.8 Å². The van der Waals surface area contributed by atoms with E-state index in [-0.39, 0.29) is 17.7 Å². The summed E-state index contributed by atoms with van der Waals surface area (Å²) in [6.07, 6.45) is 9.38. The summed E-state index contributed by atoms with van der Waals surface area (Å²) < 4.78 is 5.37. The first-order chi connectivity index (χ1) is 14.1. The topological polar surface area (TPSA) is 52.9 Å². The molecule has 2 aliphatic rings. The summed E-state index contributed by atoms with van der Waals surface area (Å²) >= 11 is 0. The molecule has 2 fully saturated rings. The molecule has 0 unspecified atom stereocenters. The standard InChI is InChI=1S/C25H31NO3/c1-29-23-18-20(12-13-22(23)27)24-21-11-5-6-14-25(21,28)15-17-26(24)16-7-10-19-8-3-2-4-9-19/h2-4,7-10,12-13,18,21,24,27-28H,5-6,11,14-17H2,1H3/b10-7+/t21-,24-,25-/m0/s1. The van der Waals surface area contributed by atoms with Crippen LogP contribution < -0.4 is 4.74 Å². The summed E-state index contributed by atoms with van der Waals surface area (Å²) in [5, 5.41) is 21.5. The van der Waals surface area contributed by atoms with E-state index in [0.29, 0.717) is 5.75 Å². The van der Waals surface area contributed by atoms with Crippen LogP contribution in [0.4, 0.5) is 0 Å². The van der Waals surface area contributed by atoms with Crippen molar-refractivity contribution in [3.05, 3.63) is 65.7 Å². The van der Waals surface area contributed by atoms with Crippen molar-refractivity contribution in [3.63, 3.8) is 0 Å². The molecule has 0 spiro atoms. The first kappa shape index (κ1) is 20.0. The molecule has 4 rings (SSSR count). The van der Waals surface area contributed by atoms with Gasteiger partial charge in [-0.05, 0) is 42.5 Å². The maximum Gasteiger partial charge on any atom is 0.160 e. The molecular weight excluding hydrogens is 362 g/mol. The number of benzene rings is 2. The van der Waals surface area contributed by atoms with E-state index in [1.807, 2.05) is 30.3 Å². The highest BCUT2D eigenvalue weighted by atomic mass is 16.5. The fraction of sp³-hybridized carbons (Fsp3) is 0.440. The molecule has 1 saturated carbocycles. The van der Waals surface area contributed by atoms with E-state index >= 15 is 0 Å². The zero-order valence-corrected chi connectivity index (χ0v) is 17.1. The van der Waals surface area contributed by atoms with E-state index < -0.39 is 5.60 Å². The van der Waals surface area contributed by atoms with Gasteiger partial charge in [-0.3, -0.25) is 4.90 Å². The van der Waals surface area contributed by atoms with Crippen molar-refractivity contribution in [3.8, 4) is 11.5 Å². The molecule has 1 saturated heterocycles. The first-order valence-electron chi connectivity index (χ1n) is 10.7. The van der Waals surface area contributed by atoms with Crippen molar-refractivity contribution in [1.82, 2.24) is 4.90 Å². The second-order valence-electron chi connectivity index (χ2n) is 8.39. The van der Waals surface area contributed by atoms with Crippen LogP contribution in [0.1, 0.15) is 49.3 Å². The number of nitrogens with zero attached hydrogens (tertiary/aromatic N) is 1. The van der Waals surface area contributed by atoms with E-state index in [2.05, 4.69) is 29.2 Å². The predicted molar refractivity (Wildman–Crippen MR) is 116 cm³/mol. The van der Waals surface area contributed by atoms with Crippen molar-refractivity contribution >= 4 is 6.08 Å². The lowest BCUT2D eigenvalue weighted by atomic mass is 9.66. The molecular formula is C25H31NO3. The largest absolute Gasteiger partial charge is 0.504 e. The van der Waals surface area contributed by atoms with Gasteiger partial charge in [0.1, 0.15) is 0 Å². The number of likely N-dealkylation sites (tertiary alicyclic amines) is 1. The summed E-state index contributed by atoms with van der Waals surface area (Å²) in [5.41, 5.74) is 1.72. The zero-order valence-electron chi connectivity index (χ0n) is 17.1. The monoisotopic (exact) mass is 393 g/mol. The molecule has 2 aromatic carbocycles. The Labute approximate surface area is 173 Å². The highest BCUT2D eigenvalue weighted by molar-refractivity contribution is 5.49. The lowest BCUT2D eigenvalue weighted by Gasteiger charge is -2.52. The zero-order chi connectivity index (χ0) is 20.3. The van der Waals surface area contributed by atoms with Gasteiger partial charge in [0.25, 0.3) is 0 Å². The van der Waals surface area contributed by atoms with Crippen LogP contribution >= 0.6 is 0 Å². The van der Waals surface area contributed by atoms with Crippen molar-refractivity contribution in [2.24, 2.45) is 5.92 Å². The SMILES string of the molecule is COc1cc([C@H]2[C@@H]3CCCC[C@]3(O)CCN2C/C=C/c2ccccc2)ccc1O. The van der Waals surface area contributed by atoms with E-state index in [4.69, 9.17) is 4.74 Å². The number of hydrogen-bond donors (Lipinski definition) is 2. The van der Waals surface area contributed by atoms with Crippen LogP contribution in [-0.4, -0.2) is 40.9 Å². The summed E-state index contributed by atoms with van der Waals surface area (Å²) in [6.45, 7) is 1.69. The number of fused-ring (bicyclic) bond motifs is 1. The van der Waals surface area contributed by atoms with E-state index in [1.165, 1.54) is 5.56 Å². The quantitative estimate of drug-likeness (QED) is 0.767. The number of ether oxygens (including phenoxy) is 1. The number of phenols is 1. The second kappa shape index (κ2) is 8.60. The molecule has 0 amide bonds. The Morgan fingerprint density at radius 2 is 1.97 bits per heavy atom. The number of phenolic OH excluding ortho intramolecular Hbond substituents is 1. The van der Waals surface area contributed by atoms with Gasteiger partial charge in [-0.25, -0.2) is 0 Å². The van der Waals surface area contributed by atoms with Crippen LogP contribution in [0.25, 0.3) is 6.08 Å². The van der Waals surface area contributed by atoms with Crippen LogP contribution in [0, 0.1) is 5.92 Å². The number of rotatable bonds is 5. The highest BCUT2D eigenvalue weighted by Gasteiger charge is 2.48. The molecule has 4 nitrogen and oxygen atoms in total. The van der Waals surface area contributed by atoms with Gasteiger partial charge in [-0.2, -0.15) is 0 Å². The fourth-order valence-electron chi connectivity index (χ4n) is 5.16. The van der Waals surface area contributed by atoms with Crippen LogP contribution in [-0.2, 0) is 0 Å². The molecule has 2 N–H and O–H groups in total. The Bertz CT molecular complexity index is 850. The van der Waals surface area contributed by atoms with Crippen molar-refractivity contribution in [2.75, 3.05) is 20.2 Å². The Hall–Kier alpha value is -2.30. The third-order valence-corrected chi connectivity index (χ3v) is 6.67. The van der Waals surface area contributed by atoms with Gasteiger partial charge in [0.05, 0.1) is 12.7 Å². The van der Waals surface area contributed by atoms with Crippen LogP contribution in [0.3, 0.4) is 0 Å². The van der Waals surface area contributed by atoms with Gasteiger partial charge in [-0.1, -0.05) is 61.4 Å². The molecule has 0 bridgehead atoms. The molecule has 0 aromatic heterocycles. The minimum absolute atomic E-state index is 0.115. The average molecular weight is 394 g/mol. The van der Waals surface area contributed by atoms with Gasteiger partial charge in [0, 0.05) is 25.0 Å². The van der Waals surface area contributed by atoms with Gasteiger partial charge in [0.2, 0.25) is 0 Å². The molecule has 1 aliphatic carbocycles. The summed E-state index contributed by atoms with van der Waals surface area (Å²) in [6, 6.07) is 16.1. The van der Waals surface area contributed by atoms with Crippen LogP contribution in [0.15, 0.2) is 54.6 Å². The Morgan fingerprint density at radius 3 is 2.76 bits per heavy atom. The number of piperidine rings is 1. The smallest absolute Gasteiger partial charge is 0.160 e. The fourth-order valence-corrected chi connectivity index (χ4v) is 5.16. The van der Waals surface area contributed by atoms with E-state index in [1.54, 1.807) is 13.2 Å². The molecule has 29 heavy (non-hydrogen) atoms. The molecule has 1 aliphatic heterocycles. The number of hydrogen-bond acceptors (Lipinski definition) is 4. The maximum absolute atomic E-state index is 11.4. The van der Waals surface area contributed by atoms with Gasteiger partial charge < -0.3 is 14.9 Å². The van der Waals surface area contributed by atoms with Crippen molar-refractivity contribution < 1.29 is 14.9 Å². The molecule has 4 heteroatoms. The first-order valence-corrected chi connectivity index (χ1v) is 10.7. The lowest BCUT2D eigenvalue weighted by Crippen LogP contribution is -2.54. The number of methoxy groups -OCH3 is 1. The molecule has 2 aromatic rings. The van der Waals surface area contributed by atoms with Gasteiger partial charge in [-0.15, -0.1) is 0 Å². The minimum atomic E-state index is -0.590. The molecule has 1 heterocycles. The van der Waals surface area contributed by atoms with E-state index in [9.17, 15) is 10.2 Å². The predicted octanol–water partition coefficient (Wildman–Crippen LogP) is 4.78. The second-order valence-corrected chi connectivity index (χ2v) is 8.39. The summed E-state index contributed by atoms with van der Waals surface area (Å²) in [4.78, 5) is 2.47. The third-order valence-electron chi connectivity index (χ3n) is 6.67. The summed E-state index contributed by atoms with van der Waals surface area (Å²) in [5.74, 6) is 0.845.